The molecule has 7 aromatic carbocycles. The Bertz CT molecular complexity index is 3060. The maximum absolute atomic E-state index is 6.51. The molecule has 5 heteroatoms. The second-order valence-corrected chi connectivity index (χ2v) is 13.0. The first-order valence-corrected chi connectivity index (χ1v) is 17.2. The van der Waals surface area contributed by atoms with E-state index in [1.54, 1.807) is 0 Å². The topological polar surface area (TPSA) is 48.8 Å². The lowest BCUT2D eigenvalue weighted by atomic mass is 10.0. The Kier molecular flexibility index (Phi) is 5.89. The Labute approximate surface area is 292 Å². The summed E-state index contributed by atoms with van der Waals surface area (Å²) in [4.78, 5) is 10.6. The Morgan fingerprint density at radius 3 is 1.59 bits per heavy atom. The lowest BCUT2D eigenvalue weighted by Gasteiger charge is -2.12. The summed E-state index contributed by atoms with van der Waals surface area (Å²) in [5.41, 5.74) is 11.0. The maximum Gasteiger partial charge on any atom is 0.235 e. The highest BCUT2D eigenvalue weighted by atomic mass is 16.3. The number of furan rings is 1. The molecule has 4 heterocycles. The zero-order valence-corrected chi connectivity index (χ0v) is 27.4. The molecule has 0 N–H and O–H groups in total. The van der Waals surface area contributed by atoms with Crippen molar-refractivity contribution in [3.8, 4) is 34.2 Å². The van der Waals surface area contributed by atoms with E-state index in [9.17, 15) is 0 Å². The van der Waals surface area contributed by atoms with Gasteiger partial charge in [0.15, 0.2) is 0 Å². The van der Waals surface area contributed by atoms with Crippen molar-refractivity contribution in [2.45, 2.75) is 0 Å². The molecule has 0 amide bonds. The molecule has 238 valence electrons. The van der Waals surface area contributed by atoms with E-state index < -0.39 is 0 Å². The molecule has 0 radical (unpaired) electrons. The minimum absolute atomic E-state index is 0.619. The molecule has 0 aliphatic rings. The molecule has 4 aromatic heterocycles. The first kappa shape index (κ1) is 27.9. The van der Waals surface area contributed by atoms with Gasteiger partial charge in [-0.2, -0.15) is 0 Å². The van der Waals surface area contributed by atoms with Gasteiger partial charge in [0, 0.05) is 49.1 Å². The van der Waals surface area contributed by atoms with Crippen LogP contribution in [0.2, 0.25) is 0 Å². The number of hydrogen-bond acceptors (Lipinski definition) is 3. The van der Waals surface area contributed by atoms with Gasteiger partial charge in [0.25, 0.3) is 0 Å². The fourth-order valence-corrected chi connectivity index (χ4v) is 7.98. The Morgan fingerprint density at radius 2 is 0.902 bits per heavy atom. The van der Waals surface area contributed by atoms with E-state index in [4.69, 9.17) is 14.4 Å². The van der Waals surface area contributed by atoms with Gasteiger partial charge >= 0.3 is 0 Å². The molecule has 0 saturated carbocycles. The van der Waals surface area contributed by atoms with Crippen molar-refractivity contribution in [3.05, 3.63) is 170 Å². The summed E-state index contributed by atoms with van der Waals surface area (Å²) in [7, 11) is 0. The van der Waals surface area contributed by atoms with Crippen LogP contribution in [-0.2, 0) is 0 Å². The molecule has 0 atom stereocenters. The Balaban J connectivity index is 1.35. The van der Waals surface area contributed by atoms with E-state index >= 15 is 0 Å². The van der Waals surface area contributed by atoms with Crippen LogP contribution >= 0.6 is 0 Å². The van der Waals surface area contributed by atoms with Crippen LogP contribution < -0.4 is 0 Å². The third-order valence-corrected chi connectivity index (χ3v) is 10.1. The number of nitrogens with zero attached hydrogens (tertiary/aromatic N) is 4. The molecule has 11 aromatic rings. The van der Waals surface area contributed by atoms with Crippen molar-refractivity contribution in [2.75, 3.05) is 0 Å². The predicted octanol–water partition coefficient (Wildman–Crippen LogP) is 11.9. The number of fused-ring (bicyclic) bond motifs is 11. The minimum atomic E-state index is 0.619. The molecule has 0 aliphatic heterocycles. The lowest BCUT2D eigenvalue weighted by Crippen LogP contribution is -2.04. The molecular formula is C46H28N4O. The van der Waals surface area contributed by atoms with Crippen LogP contribution in [-0.4, -0.2) is 19.1 Å². The van der Waals surface area contributed by atoms with Gasteiger partial charge in [0.1, 0.15) is 11.2 Å². The summed E-state index contributed by atoms with van der Waals surface area (Å²) in [6.45, 7) is 0. The van der Waals surface area contributed by atoms with Gasteiger partial charge < -0.3 is 8.98 Å². The van der Waals surface area contributed by atoms with Crippen LogP contribution in [0.4, 0.5) is 0 Å². The van der Waals surface area contributed by atoms with Crippen molar-refractivity contribution in [2.24, 2.45) is 0 Å². The number of benzene rings is 7. The molecule has 0 unspecified atom stereocenters. The number of hydrogen-bond donors (Lipinski definition) is 0. The zero-order chi connectivity index (χ0) is 33.5. The lowest BCUT2D eigenvalue weighted by molar-refractivity contribution is 0.669. The Morgan fingerprint density at radius 1 is 0.373 bits per heavy atom. The van der Waals surface area contributed by atoms with Gasteiger partial charge in [-0.05, 0) is 54.6 Å². The largest absolute Gasteiger partial charge is 0.456 e. The van der Waals surface area contributed by atoms with Crippen molar-refractivity contribution >= 4 is 65.6 Å². The average molecular weight is 653 g/mol. The standard InChI is InChI=1S/C46H28N4O/c1-4-14-29(15-5-1)34-28-35(30-16-6-2-7-17-30)48-46(47-34)50-38-25-24-37-42(32-20-10-12-22-36(32)49(37)31-18-8-3-9-19-31)44(38)45-39(50)26-27-41-43(45)33-21-11-13-23-40(33)51-41/h1-28H. The summed E-state index contributed by atoms with van der Waals surface area (Å²) >= 11 is 0. The first-order valence-electron chi connectivity index (χ1n) is 17.2. The van der Waals surface area contributed by atoms with Gasteiger partial charge in [-0.25, -0.2) is 9.97 Å². The molecule has 51 heavy (non-hydrogen) atoms. The van der Waals surface area contributed by atoms with E-state index in [-0.39, 0.29) is 0 Å². The van der Waals surface area contributed by atoms with Crippen molar-refractivity contribution in [1.29, 1.82) is 0 Å². The third kappa shape index (κ3) is 4.09. The highest BCUT2D eigenvalue weighted by Crippen LogP contribution is 2.46. The summed E-state index contributed by atoms with van der Waals surface area (Å²) in [6, 6.07) is 59.2. The smallest absolute Gasteiger partial charge is 0.235 e. The first-order chi connectivity index (χ1) is 25.3. The summed E-state index contributed by atoms with van der Waals surface area (Å²) in [5.74, 6) is 0.619. The van der Waals surface area contributed by atoms with Crippen LogP contribution in [0.1, 0.15) is 0 Å². The fraction of sp³-hybridized carbons (Fsp3) is 0. The summed E-state index contributed by atoms with van der Waals surface area (Å²) in [5, 5.41) is 6.85. The van der Waals surface area contributed by atoms with Crippen molar-refractivity contribution in [1.82, 2.24) is 19.1 Å². The number of para-hydroxylation sites is 3. The quantitative estimate of drug-likeness (QED) is 0.190. The van der Waals surface area contributed by atoms with E-state index in [1.165, 1.54) is 10.8 Å². The van der Waals surface area contributed by atoms with E-state index in [1.807, 2.05) is 18.2 Å². The molecular weight excluding hydrogens is 625 g/mol. The van der Waals surface area contributed by atoms with Crippen LogP contribution in [0.25, 0.3) is 99.7 Å². The Hall–Kier alpha value is -6.98. The maximum atomic E-state index is 6.51. The SMILES string of the molecule is c1ccc(-c2cc(-c3ccccc3)nc(-n3c4ccc5oc6ccccc6c5c4c4c5c6ccccc6n(-c6ccccc6)c5ccc43)n2)cc1. The molecule has 0 aliphatic carbocycles. The van der Waals surface area contributed by atoms with Crippen LogP contribution in [0, 0.1) is 0 Å². The molecule has 0 saturated heterocycles. The highest BCUT2D eigenvalue weighted by molar-refractivity contribution is 6.35. The second-order valence-electron chi connectivity index (χ2n) is 13.0. The van der Waals surface area contributed by atoms with Gasteiger partial charge in [-0.3, -0.25) is 4.57 Å². The molecule has 11 rings (SSSR count). The monoisotopic (exact) mass is 652 g/mol. The van der Waals surface area contributed by atoms with Gasteiger partial charge in [0.05, 0.1) is 33.5 Å². The fourth-order valence-electron chi connectivity index (χ4n) is 7.98. The molecule has 0 spiro atoms. The highest BCUT2D eigenvalue weighted by Gasteiger charge is 2.25. The minimum Gasteiger partial charge on any atom is -0.456 e. The summed E-state index contributed by atoms with van der Waals surface area (Å²) < 4.78 is 11.1. The summed E-state index contributed by atoms with van der Waals surface area (Å²) in [6.07, 6.45) is 0. The molecule has 0 fully saturated rings. The van der Waals surface area contributed by atoms with Crippen LogP contribution in [0.5, 0.6) is 0 Å². The van der Waals surface area contributed by atoms with E-state index in [0.29, 0.717) is 5.95 Å². The number of rotatable bonds is 4. The van der Waals surface area contributed by atoms with Crippen LogP contribution in [0.3, 0.4) is 0 Å². The average Bonchev–Trinajstić information content (AvgIpc) is 3.86. The van der Waals surface area contributed by atoms with Gasteiger partial charge in [-0.15, -0.1) is 0 Å². The third-order valence-electron chi connectivity index (χ3n) is 10.1. The van der Waals surface area contributed by atoms with Crippen LogP contribution in [0.15, 0.2) is 174 Å². The number of aromatic nitrogens is 4. The van der Waals surface area contributed by atoms with Gasteiger partial charge in [0.2, 0.25) is 5.95 Å². The van der Waals surface area contributed by atoms with Crippen molar-refractivity contribution in [3.63, 3.8) is 0 Å². The van der Waals surface area contributed by atoms with E-state index in [2.05, 4.69) is 161 Å². The predicted molar refractivity (Wildman–Crippen MR) is 209 cm³/mol. The van der Waals surface area contributed by atoms with E-state index in [0.717, 1.165) is 83.0 Å². The van der Waals surface area contributed by atoms with Gasteiger partial charge in [-0.1, -0.05) is 115 Å². The molecule has 5 nitrogen and oxygen atoms in total. The van der Waals surface area contributed by atoms with Crippen molar-refractivity contribution < 1.29 is 4.42 Å². The molecule has 0 bridgehead atoms. The normalized spacial score (nSPS) is 11.9. The zero-order valence-electron chi connectivity index (χ0n) is 27.4. The second kappa shape index (κ2) is 10.8.